The lowest BCUT2D eigenvalue weighted by molar-refractivity contribution is 0.602. The van der Waals surface area contributed by atoms with E-state index in [0.717, 1.165) is 17.0 Å². The first-order chi connectivity index (χ1) is 9.67. The van der Waals surface area contributed by atoms with E-state index >= 15 is 0 Å². The van der Waals surface area contributed by atoms with Gasteiger partial charge in [0.15, 0.2) is 5.16 Å². The molecule has 2 aromatic rings. The van der Waals surface area contributed by atoms with Gasteiger partial charge in [0.2, 0.25) is 0 Å². The topological polar surface area (TPSA) is 75.6 Å². The summed E-state index contributed by atoms with van der Waals surface area (Å²) < 4.78 is 1.65. The summed E-state index contributed by atoms with van der Waals surface area (Å²) in [6, 6.07) is 4.14. The average molecular weight is 293 g/mol. The number of H-pyrrole nitrogens is 1. The zero-order valence-corrected chi connectivity index (χ0v) is 12.7. The van der Waals surface area contributed by atoms with Crippen molar-refractivity contribution in [1.29, 1.82) is 0 Å². The van der Waals surface area contributed by atoms with Gasteiger partial charge in [-0.2, -0.15) is 0 Å². The third-order valence-electron chi connectivity index (χ3n) is 3.06. The normalized spacial score (nSPS) is 12.6. The summed E-state index contributed by atoms with van der Waals surface area (Å²) in [5.74, 6) is 0. The Balaban J connectivity index is 2.33. The molecule has 7 heteroatoms. The molecule has 2 aromatic heterocycles. The van der Waals surface area contributed by atoms with E-state index in [1.807, 2.05) is 26.1 Å². The summed E-state index contributed by atoms with van der Waals surface area (Å²) >= 11 is 1.41. The smallest absolute Gasteiger partial charge is 0.313 e. The molecular formula is C13H19N5OS. The van der Waals surface area contributed by atoms with Gasteiger partial charge in [0, 0.05) is 24.3 Å². The van der Waals surface area contributed by atoms with Gasteiger partial charge in [0.05, 0.1) is 0 Å². The lowest BCUT2D eigenvalue weighted by atomic mass is 10.1. The maximum absolute atomic E-state index is 11.7. The van der Waals surface area contributed by atoms with Crippen LogP contribution in [0.5, 0.6) is 0 Å². The van der Waals surface area contributed by atoms with E-state index in [-0.39, 0.29) is 11.7 Å². The minimum atomic E-state index is -0.173. The van der Waals surface area contributed by atoms with Crippen LogP contribution in [0.2, 0.25) is 0 Å². The molecule has 1 atom stereocenters. The van der Waals surface area contributed by atoms with Crippen LogP contribution in [-0.2, 0) is 6.54 Å². The monoisotopic (exact) mass is 293 g/mol. The lowest BCUT2D eigenvalue weighted by Gasteiger charge is -2.14. The van der Waals surface area contributed by atoms with E-state index in [9.17, 15) is 4.79 Å². The maximum atomic E-state index is 11.7. The van der Waals surface area contributed by atoms with E-state index in [2.05, 4.69) is 27.4 Å². The molecule has 0 fully saturated rings. The van der Waals surface area contributed by atoms with Gasteiger partial charge in [0.25, 0.3) is 0 Å². The minimum absolute atomic E-state index is 0.173. The maximum Gasteiger partial charge on any atom is 0.343 e. The number of nitrogens with zero attached hydrogens (tertiary/aromatic N) is 3. The molecule has 0 aliphatic carbocycles. The van der Waals surface area contributed by atoms with Crippen molar-refractivity contribution in [3.05, 3.63) is 34.4 Å². The van der Waals surface area contributed by atoms with Crippen LogP contribution < -0.4 is 11.0 Å². The van der Waals surface area contributed by atoms with Gasteiger partial charge in [-0.1, -0.05) is 13.0 Å². The van der Waals surface area contributed by atoms with Crippen molar-refractivity contribution in [3.63, 3.8) is 0 Å². The van der Waals surface area contributed by atoms with Gasteiger partial charge in [-0.05, 0) is 38.2 Å². The van der Waals surface area contributed by atoms with Crippen molar-refractivity contribution >= 4 is 11.8 Å². The molecule has 6 nitrogen and oxygen atoms in total. The van der Waals surface area contributed by atoms with Crippen LogP contribution in [0.15, 0.2) is 33.3 Å². The molecule has 0 bridgehead atoms. The Morgan fingerprint density at radius 2 is 2.35 bits per heavy atom. The fourth-order valence-corrected chi connectivity index (χ4v) is 2.89. The molecule has 0 aliphatic rings. The molecule has 2 N–H and O–H groups in total. The molecule has 0 radical (unpaired) electrons. The van der Waals surface area contributed by atoms with Crippen molar-refractivity contribution in [2.75, 3.05) is 7.05 Å². The van der Waals surface area contributed by atoms with E-state index in [4.69, 9.17) is 0 Å². The van der Waals surface area contributed by atoms with Gasteiger partial charge in [-0.25, -0.2) is 14.9 Å². The Bertz CT molecular complexity index is 621. The molecule has 108 valence electrons. The van der Waals surface area contributed by atoms with Gasteiger partial charge in [0.1, 0.15) is 5.03 Å². The van der Waals surface area contributed by atoms with Crippen molar-refractivity contribution in [1.82, 2.24) is 25.1 Å². The molecule has 0 aromatic carbocycles. The minimum Gasteiger partial charge on any atom is -0.313 e. The fraction of sp³-hybridized carbons (Fsp3) is 0.462. The van der Waals surface area contributed by atoms with Crippen molar-refractivity contribution in [3.8, 4) is 0 Å². The number of hydrogen-bond donors (Lipinski definition) is 2. The van der Waals surface area contributed by atoms with E-state index in [1.54, 1.807) is 10.8 Å². The highest BCUT2D eigenvalue weighted by Gasteiger charge is 2.15. The highest BCUT2D eigenvalue weighted by Crippen LogP contribution is 2.29. The molecule has 0 amide bonds. The van der Waals surface area contributed by atoms with E-state index in [0.29, 0.717) is 11.7 Å². The molecular weight excluding hydrogens is 274 g/mol. The highest BCUT2D eigenvalue weighted by atomic mass is 32.2. The standard InChI is InChI=1S/C13H19N5OS/c1-4-8-18-12(19)16-17-13(18)20-11-10(9(2)14-3)6-5-7-15-11/h5-7,9,14H,4,8H2,1-3H3,(H,16,19). The van der Waals surface area contributed by atoms with Crippen LogP contribution in [0.25, 0.3) is 0 Å². The second-order valence-electron chi connectivity index (χ2n) is 4.47. The average Bonchev–Trinajstić information content (AvgIpc) is 2.80. The zero-order valence-electron chi connectivity index (χ0n) is 11.9. The van der Waals surface area contributed by atoms with E-state index in [1.165, 1.54) is 11.8 Å². The quantitative estimate of drug-likeness (QED) is 0.849. The molecule has 0 saturated heterocycles. The first kappa shape index (κ1) is 14.8. The van der Waals surface area contributed by atoms with Crippen LogP contribution in [-0.4, -0.2) is 26.8 Å². The summed E-state index contributed by atoms with van der Waals surface area (Å²) in [6.45, 7) is 4.76. The molecule has 1 unspecified atom stereocenters. The summed E-state index contributed by atoms with van der Waals surface area (Å²) in [7, 11) is 1.91. The predicted octanol–water partition coefficient (Wildman–Crippen LogP) is 1.81. The predicted molar refractivity (Wildman–Crippen MR) is 79.0 cm³/mol. The summed E-state index contributed by atoms with van der Waals surface area (Å²) in [5.41, 5.74) is 0.923. The van der Waals surface area contributed by atoms with Crippen LogP contribution in [0.1, 0.15) is 31.9 Å². The molecule has 0 saturated carbocycles. The molecule has 20 heavy (non-hydrogen) atoms. The number of pyridine rings is 1. The van der Waals surface area contributed by atoms with Crippen molar-refractivity contribution in [2.45, 2.75) is 43.0 Å². The number of aromatic nitrogens is 4. The number of rotatable bonds is 6. The van der Waals surface area contributed by atoms with Crippen LogP contribution in [0.4, 0.5) is 0 Å². The molecule has 2 rings (SSSR count). The van der Waals surface area contributed by atoms with Crippen LogP contribution in [0.3, 0.4) is 0 Å². The zero-order chi connectivity index (χ0) is 14.5. The number of aromatic amines is 1. The fourth-order valence-electron chi connectivity index (χ4n) is 1.86. The second-order valence-corrected chi connectivity index (χ2v) is 5.43. The number of hydrogen-bond acceptors (Lipinski definition) is 5. The molecule has 0 spiro atoms. The Morgan fingerprint density at radius 3 is 3.05 bits per heavy atom. The van der Waals surface area contributed by atoms with Gasteiger partial charge in [-0.3, -0.25) is 4.57 Å². The van der Waals surface area contributed by atoms with Gasteiger partial charge in [-0.15, -0.1) is 5.10 Å². The van der Waals surface area contributed by atoms with Crippen LogP contribution in [0, 0.1) is 0 Å². The van der Waals surface area contributed by atoms with Crippen molar-refractivity contribution in [2.24, 2.45) is 0 Å². The highest BCUT2D eigenvalue weighted by molar-refractivity contribution is 7.99. The molecule has 0 aliphatic heterocycles. The van der Waals surface area contributed by atoms with Crippen LogP contribution >= 0.6 is 11.8 Å². The van der Waals surface area contributed by atoms with E-state index < -0.39 is 0 Å². The summed E-state index contributed by atoms with van der Waals surface area (Å²) in [6.07, 6.45) is 2.64. The second kappa shape index (κ2) is 6.71. The van der Waals surface area contributed by atoms with Gasteiger partial charge < -0.3 is 5.32 Å². The third-order valence-corrected chi connectivity index (χ3v) is 4.09. The Morgan fingerprint density at radius 1 is 1.55 bits per heavy atom. The lowest BCUT2D eigenvalue weighted by Crippen LogP contribution is -2.17. The summed E-state index contributed by atoms with van der Waals surface area (Å²) in [5, 5.41) is 11.3. The SMILES string of the molecule is CCCn1c(Sc2ncccc2C(C)NC)n[nH]c1=O. The summed E-state index contributed by atoms with van der Waals surface area (Å²) in [4.78, 5) is 16.1. The number of nitrogens with one attached hydrogen (secondary N) is 2. The first-order valence-electron chi connectivity index (χ1n) is 6.62. The Hall–Kier alpha value is -1.60. The third kappa shape index (κ3) is 3.10. The van der Waals surface area contributed by atoms with Gasteiger partial charge >= 0.3 is 5.69 Å². The molecule has 2 heterocycles. The van der Waals surface area contributed by atoms with Crippen molar-refractivity contribution < 1.29 is 0 Å². The Labute approximate surface area is 122 Å². The largest absolute Gasteiger partial charge is 0.343 e. The first-order valence-corrected chi connectivity index (χ1v) is 7.44. The Kier molecular flexibility index (Phi) is 4.97.